The van der Waals surface area contributed by atoms with Crippen molar-refractivity contribution in [1.29, 1.82) is 0 Å². The lowest BCUT2D eigenvalue weighted by Gasteiger charge is -2.31. The molecule has 1 amide bonds. The molecule has 0 unspecified atom stereocenters. The van der Waals surface area contributed by atoms with E-state index in [1.807, 2.05) is 0 Å². The van der Waals surface area contributed by atoms with Crippen LogP contribution < -0.4 is 15.8 Å². The van der Waals surface area contributed by atoms with Gasteiger partial charge in [0.2, 0.25) is 15.9 Å². The number of hydrogen-bond donors (Lipinski definition) is 3. The summed E-state index contributed by atoms with van der Waals surface area (Å²) in [6.07, 6.45) is 0.921. The van der Waals surface area contributed by atoms with Gasteiger partial charge < -0.3 is 15.8 Å². The molecule has 1 aliphatic rings. The molecule has 0 aromatic heterocycles. The van der Waals surface area contributed by atoms with Gasteiger partial charge in [0.25, 0.3) is 0 Å². The molecule has 1 fully saturated rings. The summed E-state index contributed by atoms with van der Waals surface area (Å²) in [5, 5.41) is 2.79. The van der Waals surface area contributed by atoms with Crippen molar-refractivity contribution in [3.05, 3.63) is 29.8 Å². The molecular weight excluding hydrogens is 378 g/mol. The van der Waals surface area contributed by atoms with Crippen LogP contribution in [0.3, 0.4) is 0 Å². The molecule has 0 saturated carbocycles. The van der Waals surface area contributed by atoms with Crippen molar-refractivity contribution in [3.8, 4) is 0 Å². The number of ether oxygens (including phenoxy) is 1. The van der Waals surface area contributed by atoms with E-state index in [0.29, 0.717) is 37.3 Å². The SMILES string of the molecule is CC(C)(C)NS(=O)(=O)Cc1cccc(NC(=O)C2(N)CCOCC2)c1.Cl. The van der Waals surface area contributed by atoms with E-state index in [1.54, 1.807) is 45.0 Å². The van der Waals surface area contributed by atoms with Crippen LogP contribution in [0.1, 0.15) is 39.2 Å². The summed E-state index contributed by atoms with van der Waals surface area (Å²) >= 11 is 0. The molecule has 2 rings (SSSR count). The second kappa shape index (κ2) is 8.67. The Labute approximate surface area is 161 Å². The summed E-state index contributed by atoms with van der Waals surface area (Å²) in [5.74, 6) is -0.432. The van der Waals surface area contributed by atoms with E-state index in [4.69, 9.17) is 10.5 Å². The van der Waals surface area contributed by atoms with Gasteiger partial charge >= 0.3 is 0 Å². The standard InChI is InChI=1S/C17H27N3O4S.ClH/c1-16(2,3)20-25(22,23)12-13-5-4-6-14(11-13)19-15(21)17(18)7-9-24-10-8-17;/h4-6,11,20H,7-10,12,18H2,1-3H3,(H,19,21);1H. The number of halogens is 1. The van der Waals surface area contributed by atoms with Crippen LogP contribution in [-0.2, 0) is 25.3 Å². The van der Waals surface area contributed by atoms with E-state index in [2.05, 4.69) is 10.0 Å². The molecule has 7 nitrogen and oxygen atoms in total. The highest BCUT2D eigenvalue weighted by Crippen LogP contribution is 2.21. The Morgan fingerprint density at radius 1 is 1.27 bits per heavy atom. The van der Waals surface area contributed by atoms with Crippen molar-refractivity contribution in [3.63, 3.8) is 0 Å². The molecule has 9 heteroatoms. The van der Waals surface area contributed by atoms with Gasteiger partial charge in [-0.25, -0.2) is 13.1 Å². The summed E-state index contributed by atoms with van der Waals surface area (Å²) < 4.78 is 32.3. The number of hydrogen-bond acceptors (Lipinski definition) is 5. The molecule has 1 aliphatic heterocycles. The zero-order valence-corrected chi connectivity index (χ0v) is 17.0. The van der Waals surface area contributed by atoms with Crippen LogP contribution in [0.4, 0.5) is 5.69 Å². The van der Waals surface area contributed by atoms with Crippen molar-refractivity contribution in [2.24, 2.45) is 5.73 Å². The molecule has 0 aliphatic carbocycles. The van der Waals surface area contributed by atoms with Crippen molar-refractivity contribution in [1.82, 2.24) is 4.72 Å². The lowest BCUT2D eigenvalue weighted by atomic mass is 9.90. The maximum atomic E-state index is 12.5. The monoisotopic (exact) mass is 405 g/mol. The molecule has 148 valence electrons. The third-order valence-corrected chi connectivity index (χ3v) is 5.48. The molecule has 0 bridgehead atoms. The molecule has 0 atom stereocenters. The first-order chi connectivity index (χ1) is 11.5. The summed E-state index contributed by atoms with van der Waals surface area (Å²) in [5.41, 5.74) is 5.79. The average Bonchev–Trinajstić information content (AvgIpc) is 2.45. The number of carbonyl (C=O) groups is 1. The van der Waals surface area contributed by atoms with E-state index in [0.717, 1.165) is 0 Å². The zero-order chi connectivity index (χ0) is 18.7. The fourth-order valence-electron chi connectivity index (χ4n) is 2.68. The summed E-state index contributed by atoms with van der Waals surface area (Å²) in [7, 11) is -3.47. The first kappa shape index (κ1) is 22.9. The van der Waals surface area contributed by atoms with Gasteiger partial charge in [-0.3, -0.25) is 4.79 Å². The molecule has 0 spiro atoms. The first-order valence-corrected chi connectivity index (χ1v) is 9.93. The average molecular weight is 406 g/mol. The second-order valence-electron chi connectivity index (χ2n) is 7.53. The van der Waals surface area contributed by atoms with Gasteiger partial charge in [-0.1, -0.05) is 12.1 Å². The number of carbonyl (C=O) groups excluding carboxylic acids is 1. The van der Waals surface area contributed by atoms with Crippen LogP contribution >= 0.6 is 12.4 Å². The van der Waals surface area contributed by atoms with Gasteiger partial charge in [0, 0.05) is 24.4 Å². The van der Waals surface area contributed by atoms with Crippen molar-refractivity contribution in [2.75, 3.05) is 18.5 Å². The lowest BCUT2D eigenvalue weighted by Crippen LogP contribution is -2.54. The minimum atomic E-state index is -3.47. The van der Waals surface area contributed by atoms with Crippen LogP contribution in [0.25, 0.3) is 0 Å². The van der Waals surface area contributed by atoms with Crippen LogP contribution in [-0.4, -0.2) is 38.6 Å². The van der Waals surface area contributed by atoms with Gasteiger partial charge in [0.1, 0.15) is 5.54 Å². The maximum absolute atomic E-state index is 12.5. The molecule has 4 N–H and O–H groups in total. The predicted molar refractivity (Wildman–Crippen MR) is 105 cm³/mol. The van der Waals surface area contributed by atoms with Gasteiger partial charge in [0.15, 0.2) is 0 Å². The summed E-state index contributed by atoms with van der Waals surface area (Å²) in [6, 6.07) is 6.80. The molecule has 1 aromatic rings. The Morgan fingerprint density at radius 3 is 2.46 bits per heavy atom. The highest BCUT2D eigenvalue weighted by molar-refractivity contribution is 7.88. The van der Waals surface area contributed by atoms with Gasteiger partial charge in [0.05, 0.1) is 5.75 Å². The van der Waals surface area contributed by atoms with E-state index >= 15 is 0 Å². The third-order valence-electron chi connectivity index (χ3n) is 3.84. The minimum Gasteiger partial charge on any atom is -0.381 e. The number of anilines is 1. The zero-order valence-electron chi connectivity index (χ0n) is 15.4. The molecule has 1 aromatic carbocycles. The van der Waals surface area contributed by atoms with Crippen LogP contribution in [0, 0.1) is 0 Å². The predicted octanol–water partition coefficient (Wildman–Crippen LogP) is 1.77. The second-order valence-corrected chi connectivity index (χ2v) is 9.26. The third kappa shape index (κ3) is 6.85. The highest BCUT2D eigenvalue weighted by atomic mass is 35.5. The van der Waals surface area contributed by atoms with Crippen LogP contribution in [0.2, 0.25) is 0 Å². The number of nitrogens with one attached hydrogen (secondary N) is 2. The number of benzene rings is 1. The van der Waals surface area contributed by atoms with E-state index in [1.165, 1.54) is 0 Å². The van der Waals surface area contributed by atoms with Gasteiger partial charge in [-0.15, -0.1) is 12.4 Å². The number of rotatable bonds is 5. The fourth-order valence-corrected chi connectivity index (χ4v) is 4.30. The summed E-state index contributed by atoms with van der Waals surface area (Å²) in [4.78, 5) is 12.5. The largest absolute Gasteiger partial charge is 0.381 e. The normalized spacial score (nSPS) is 17.2. The number of sulfonamides is 1. The quantitative estimate of drug-likeness (QED) is 0.691. The number of nitrogens with two attached hydrogens (primary N) is 1. The summed E-state index contributed by atoms with van der Waals surface area (Å²) in [6.45, 7) is 6.28. The maximum Gasteiger partial charge on any atom is 0.244 e. The highest BCUT2D eigenvalue weighted by Gasteiger charge is 2.35. The van der Waals surface area contributed by atoms with Gasteiger partial charge in [-0.05, 0) is 51.3 Å². The molecule has 0 radical (unpaired) electrons. The Bertz CT molecular complexity index is 726. The Balaban J connectivity index is 0.00000338. The van der Waals surface area contributed by atoms with Crippen molar-refractivity contribution < 1.29 is 17.9 Å². The number of amides is 1. The lowest BCUT2D eigenvalue weighted by molar-refractivity contribution is -0.124. The van der Waals surface area contributed by atoms with Crippen LogP contribution in [0.5, 0.6) is 0 Å². The molecule has 26 heavy (non-hydrogen) atoms. The first-order valence-electron chi connectivity index (χ1n) is 8.28. The van der Waals surface area contributed by atoms with E-state index in [9.17, 15) is 13.2 Å². The smallest absolute Gasteiger partial charge is 0.244 e. The van der Waals surface area contributed by atoms with E-state index in [-0.39, 0.29) is 24.1 Å². The Kier molecular flexibility index (Phi) is 7.62. The van der Waals surface area contributed by atoms with Crippen molar-refractivity contribution >= 4 is 34.0 Å². The molecule has 1 heterocycles. The fraction of sp³-hybridized carbons (Fsp3) is 0.588. The van der Waals surface area contributed by atoms with E-state index < -0.39 is 21.1 Å². The van der Waals surface area contributed by atoms with Crippen molar-refractivity contribution in [2.45, 2.75) is 50.4 Å². The van der Waals surface area contributed by atoms with Crippen LogP contribution in [0.15, 0.2) is 24.3 Å². The topological polar surface area (TPSA) is 111 Å². The molecule has 1 saturated heterocycles. The Morgan fingerprint density at radius 2 is 1.88 bits per heavy atom. The Hall–Kier alpha value is -1.19. The minimum absolute atomic E-state index is 0. The van der Waals surface area contributed by atoms with Gasteiger partial charge in [-0.2, -0.15) is 0 Å². The molecular formula is C17H28ClN3O4S.